The number of piperidine rings is 1. The quantitative estimate of drug-likeness (QED) is 0.841. The van der Waals surface area contributed by atoms with E-state index < -0.39 is 6.10 Å². The van der Waals surface area contributed by atoms with Crippen molar-refractivity contribution >= 4 is 6.03 Å². The molecule has 1 aliphatic heterocycles. The Kier molecular flexibility index (Phi) is 6.27. The summed E-state index contributed by atoms with van der Waals surface area (Å²) in [4.78, 5) is 16.2. The molecule has 0 saturated carbocycles. The summed E-state index contributed by atoms with van der Waals surface area (Å²) in [6.07, 6.45) is 2.89. The fourth-order valence-corrected chi connectivity index (χ4v) is 2.99. The maximum atomic E-state index is 12.3. The van der Waals surface area contributed by atoms with Gasteiger partial charge in [0.2, 0.25) is 0 Å². The SMILES string of the molecule is CCN(CC)C(CNC(=O)N1CCCC(O)C1)c1ccco1. The number of hydrogen-bond acceptors (Lipinski definition) is 4. The van der Waals surface area contributed by atoms with Gasteiger partial charge in [0.25, 0.3) is 0 Å². The molecule has 0 bridgehead atoms. The second-order valence-corrected chi connectivity index (χ2v) is 5.68. The van der Waals surface area contributed by atoms with E-state index in [1.54, 1.807) is 11.2 Å². The second kappa shape index (κ2) is 8.19. The molecule has 0 aliphatic carbocycles. The van der Waals surface area contributed by atoms with Gasteiger partial charge in [-0.05, 0) is 38.1 Å². The van der Waals surface area contributed by atoms with Crippen LogP contribution < -0.4 is 5.32 Å². The largest absolute Gasteiger partial charge is 0.468 e. The van der Waals surface area contributed by atoms with Gasteiger partial charge < -0.3 is 19.7 Å². The highest BCUT2D eigenvalue weighted by molar-refractivity contribution is 5.74. The van der Waals surface area contributed by atoms with Gasteiger partial charge in [-0.1, -0.05) is 13.8 Å². The lowest BCUT2D eigenvalue weighted by Gasteiger charge is -2.32. The van der Waals surface area contributed by atoms with Crippen molar-refractivity contribution in [2.45, 2.75) is 38.8 Å². The summed E-state index contributed by atoms with van der Waals surface area (Å²) in [6.45, 7) is 7.60. The first-order chi connectivity index (χ1) is 10.7. The van der Waals surface area contributed by atoms with Crippen molar-refractivity contribution in [3.05, 3.63) is 24.2 Å². The van der Waals surface area contributed by atoms with Gasteiger partial charge in [0.05, 0.1) is 18.4 Å². The van der Waals surface area contributed by atoms with Crippen molar-refractivity contribution in [2.75, 3.05) is 32.7 Å². The summed E-state index contributed by atoms with van der Waals surface area (Å²) in [7, 11) is 0. The molecule has 6 nitrogen and oxygen atoms in total. The fraction of sp³-hybridized carbons (Fsp3) is 0.688. The number of β-amino-alcohol motifs (C(OH)–C–C–N with tert-alkyl or cyclic N) is 1. The van der Waals surface area contributed by atoms with Gasteiger partial charge >= 0.3 is 6.03 Å². The maximum Gasteiger partial charge on any atom is 0.317 e. The van der Waals surface area contributed by atoms with Crippen LogP contribution in [0.15, 0.2) is 22.8 Å². The Morgan fingerprint density at radius 1 is 1.55 bits per heavy atom. The Bertz CT molecular complexity index is 445. The van der Waals surface area contributed by atoms with E-state index in [9.17, 15) is 9.90 Å². The van der Waals surface area contributed by atoms with Crippen LogP contribution in [-0.2, 0) is 0 Å². The Morgan fingerprint density at radius 3 is 2.91 bits per heavy atom. The third-order valence-corrected chi connectivity index (χ3v) is 4.26. The monoisotopic (exact) mass is 309 g/mol. The molecule has 1 aromatic heterocycles. The Labute approximate surface area is 132 Å². The molecular weight excluding hydrogens is 282 g/mol. The number of urea groups is 1. The second-order valence-electron chi connectivity index (χ2n) is 5.68. The van der Waals surface area contributed by atoms with E-state index in [2.05, 4.69) is 24.1 Å². The number of nitrogens with zero attached hydrogens (tertiary/aromatic N) is 2. The van der Waals surface area contributed by atoms with Crippen LogP contribution >= 0.6 is 0 Å². The molecule has 124 valence electrons. The highest BCUT2D eigenvalue weighted by atomic mass is 16.3. The first kappa shape index (κ1) is 16.8. The molecular formula is C16H27N3O3. The average molecular weight is 309 g/mol. The van der Waals surface area contributed by atoms with E-state index in [0.717, 1.165) is 31.7 Å². The molecule has 2 heterocycles. The zero-order chi connectivity index (χ0) is 15.9. The number of hydrogen-bond donors (Lipinski definition) is 2. The lowest BCUT2D eigenvalue weighted by Crippen LogP contribution is -2.49. The van der Waals surface area contributed by atoms with Gasteiger partial charge in [-0.3, -0.25) is 4.90 Å². The third-order valence-electron chi connectivity index (χ3n) is 4.26. The van der Waals surface area contributed by atoms with E-state index >= 15 is 0 Å². The van der Waals surface area contributed by atoms with E-state index in [1.165, 1.54) is 0 Å². The van der Waals surface area contributed by atoms with E-state index in [4.69, 9.17) is 4.42 Å². The third kappa shape index (κ3) is 4.24. The number of furan rings is 1. The minimum absolute atomic E-state index is 0.0312. The highest BCUT2D eigenvalue weighted by Gasteiger charge is 2.25. The van der Waals surface area contributed by atoms with E-state index in [0.29, 0.717) is 19.6 Å². The lowest BCUT2D eigenvalue weighted by molar-refractivity contribution is 0.0830. The van der Waals surface area contributed by atoms with Gasteiger partial charge in [-0.15, -0.1) is 0 Å². The predicted molar refractivity (Wildman–Crippen MR) is 84.6 cm³/mol. The topological polar surface area (TPSA) is 69.0 Å². The normalized spacial score (nSPS) is 20.2. The van der Waals surface area contributed by atoms with Crippen LogP contribution in [0.3, 0.4) is 0 Å². The molecule has 1 saturated heterocycles. The molecule has 1 aliphatic rings. The number of aliphatic hydroxyl groups is 1. The Balaban J connectivity index is 1.94. The van der Waals surface area contributed by atoms with E-state index in [1.807, 2.05) is 12.1 Å². The number of rotatable bonds is 6. The van der Waals surface area contributed by atoms with Crippen molar-refractivity contribution in [3.8, 4) is 0 Å². The summed E-state index contributed by atoms with van der Waals surface area (Å²) >= 11 is 0. The number of likely N-dealkylation sites (N-methyl/N-ethyl adjacent to an activating group) is 1. The van der Waals surface area contributed by atoms with Crippen LogP contribution in [0.2, 0.25) is 0 Å². The number of likely N-dealkylation sites (tertiary alicyclic amines) is 1. The maximum absolute atomic E-state index is 12.3. The molecule has 0 radical (unpaired) electrons. The molecule has 1 aromatic rings. The molecule has 2 atom stereocenters. The average Bonchev–Trinajstić information content (AvgIpc) is 3.05. The molecule has 2 N–H and O–H groups in total. The zero-order valence-corrected chi connectivity index (χ0v) is 13.5. The van der Waals surface area contributed by atoms with Gasteiger partial charge in [-0.25, -0.2) is 4.79 Å². The molecule has 0 aromatic carbocycles. The van der Waals surface area contributed by atoms with Crippen molar-refractivity contribution in [2.24, 2.45) is 0 Å². The van der Waals surface area contributed by atoms with Crippen LogP contribution in [0.5, 0.6) is 0 Å². The molecule has 2 rings (SSSR count). The molecule has 1 fully saturated rings. The highest BCUT2D eigenvalue weighted by Crippen LogP contribution is 2.20. The number of nitrogens with one attached hydrogen (secondary N) is 1. The van der Waals surface area contributed by atoms with Crippen LogP contribution in [0, 0.1) is 0 Å². The van der Waals surface area contributed by atoms with Crippen LogP contribution in [0.4, 0.5) is 4.79 Å². The number of carbonyl (C=O) groups is 1. The number of aliphatic hydroxyl groups excluding tert-OH is 1. The smallest absolute Gasteiger partial charge is 0.317 e. The minimum atomic E-state index is -0.400. The molecule has 2 amide bonds. The molecule has 6 heteroatoms. The van der Waals surface area contributed by atoms with Gasteiger partial charge in [0.1, 0.15) is 5.76 Å². The summed E-state index contributed by atoms with van der Waals surface area (Å²) in [5.74, 6) is 0.864. The standard InChI is InChI=1S/C16H27N3O3/c1-3-18(4-2)14(15-8-6-10-22-15)11-17-16(21)19-9-5-7-13(20)12-19/h6,8,10,13-14,20H,3-5,7,9,11-12H2,1-2H3,(H,17,21). The van der Waals surface area contributed by atoms with Crippen LogP contribution in [0.1, 0.15) is 38.5 Å². The van der Waals surface area contributed by atoms with Crippen molar-refractivity contribution in [3.63, 3.8) is 0 Å². The summed E-state index contributed by atoms with van der Waals surface area (Å²) in [5.41, 5.74) is 0. The number of carbonyl (C=O) groups excluding carboxylic acids is 1. The minimum Gasteiger partial charge on any atom is -0.468 e. The molecule has 0 spiro atoms. The van der Waals surface area contributed by atoms with Gasteiger partial charge in [-0.2, -0.15) is 0 Å². The molecule has 2 unspecified atom stereocenters. The summed E-state index contributed by atoms with van der Waals surface area (Å²) in [6, 6.07) is 3.74. The van der Waals surface area contributed by atoms with Crippen molar-refractivity contribution in [1.29, 1.82) is 0 Å². The predicted octanol–water partition coefficient (Wildman–Crippen LogP) is 1.83. The van der Waals surface area contributed by atoms with E-state index in [-0.39, 0.29) is 12.1 Å². The van der Waals surface area contributed by atoms with Crippen LogP contribution in [0.25, 0.3) is 0 Å². The summed E-state index contributed by atoms with van der Waals surface area (Å²) < 4.78 is 5.53. The lowest BCUT2D eigenvalue weighted by atomic mass is 10.1. The zero-order valence-electron chi connectivity index (χ0n) is 13.5. The Hall–Kier alpha value is -1.53. The first-order valence-electron chi connectivity index (χ1n) is 8.14. The van der Waals surface area contributed by atoms with Crippen LogP contribution in [-0.4, -0.2) is 59.8 Å². The molecule has 22 heavy (non-hydrogen) atoms. The summed E-state index contributed by atoms with van der Waals surface area (Å²) in [5, 5.41) is 12.7. The Morgan fingerprint density at radius 2 is 2.32 bits per heavy atom. The first-order valence-corrected chi connectivity index (χ1v) is 8.14. The van der Waals surface area contributed by atoms with Gasteiger partial charge in [0, 0.05) is 19.6 Å². The van der Waals surface area contributed by atoms with Crippen molar-refractivity contribution < 1.29 is 14.3 Å². The fourth-order valence-electron chi connectivity index (χ4n) is 2.99. The van der Waals surface area contributed by atoms with Gasteiger partial charge in [0.15, 0.2) is 0 Å². The van der Waals surface area contributed by atoms with Crippen molar-refractivity contribution in [1.82, 2.24) is 15.1 Å². The number of amides is 2.